The van der Waals surface area contributed by atoms with Crippen molar-refractivity contribution in [2.24, 2.45) is 0 Å². The number of aromatic nitrogens is 1. The van der Waals surface area contributed by atoms with Gasteiger partial charge in [-0.25, -0.2) is 13.4 Å². The Morgan fingerprint density at radius 1 is 1.47 bits per heavy atom. The van der Waals surface area contributed by atoms with Crippen LogP contribution >= 0.6 is 11.6 Å². The monoisotopic (exact) mass is 276 g/mol. The summed E-state index contributed by atoms with van der Waals surface area (Å²) < 4.78 is 30.6. The fraction of sp³-hybridized carbons (Fsp3) is 0.333. The van der Waals surface area contributed by atoms with Crippen LogP contribution in [0.25, 0.3) is 0 Å². The van der Waals surface area contributed by atoms with E-state index in [1.54, 1.807) is 0 Å². The Labute approximate surface area is 103 Å². The molecule has 2 heterocycles. The summed E-state index contributed by atoms with van der Waals surface area (Å²) in [7, 11) is -3.77. The Kier molecular flexibility index (Phi) is 3.32. The highest BCUT2D eigenvalue weighted by Gasteiger charge is 2.31. The fourth-order valence-corrected chi connectivity index (χ4v) is 2.65. The van der Waals surface area contributed by atoms with Crippen molar-refractivity contribution < 1.29 is 17.9 Å². The van der Waals surface area contributed by atoms with Crippen LogP contribution in [0.5, 0.6) is 0 Å². The van der Waals surface area contributed by atoms with Crippen LogP contribution in [0.15, 0.2) is 23.2 Å². The molecule has 0 aromatic carbocycles. The van der Waals surface area contributed by atoms with E-state index in [0.29, 0.717) is 6.42 Å². The first-order chi connectivity index (χ1) is 7.99. The number of halogens is 1. The zero-order chi connectivity index (χ0) is 12.5. The normalized spacial score (nSPS) is 20.3. The van der Waals surface area contributed by atoms with Crippen LogP contribution < -0.4 is 4.72 Å². The number of ether oxygens (including phenoxy) is 1. The number of pyridine rings is 1. The number of cyclic esters (lactones) is 1. The van der Waals surface area contributed by atoms with Gasteiger partial charge in [0.25, 0.3) is 0 Å². The summed E-state index contributed by atoms with van der Waals surface area (Å²) in [6, 6.07) is 1.86. The van der Waals surface area contributed by atoms with Crippen molar-refractivity contribution in [2.75, 3.05) is 6.61 Å². The van der Waals surface area contributed by atoms with Crippen LogP contribution in [0.2, 0.25) is 5.15 Å². The molecular formula is C9H9ClN2O4S. The summed E-state index contributed by atoms with van der Waals surface area (Å²) in [5, 5.41) is 0.198. The number of nitrogens with one attached hydrogen (secondary N) is 1. The molecule has 8 heteroatoms. The third-order valence-corrected chi connectivity index (χ3v) is 3.92. The predicted octanol–water partition coefficient (Wildman–Crippen LogP) is 0.329. The highest BCUT2D eigenvalue weighted by atomic mass is 35.5. The number of hydrogen-bond acceptors (Lipinski definition) is 5. The highest BCUT2D eigenvalue weighted by molar-refractivity contribution is 7.89. The molecule has 1 saturated heterocycles. The molecule has 92 valence electrons. The third-order valence-electron chi connectivity index (χ3n) is 2.24. The van der Waals surface area contributed by atoms with Crippen molar-refractivity contribution in [3.05, 3.63) is 23.5 Å². The second-order valence-electron chi connectivity index (χ2n) is 3.45. The lowest BCUT2D eigenvalue weighted by atomic mass is 10.3. The SMILES string of the molecule is O=C1OCCC1NS(=O)(=O)c1ccc(Cl)nc1. The average Bonchev–Trinajstić information content (AvgIpc) is 2.64. The number of sulfonamides is 1. The molecule has 17 heavy (non-hydrogen) atoms. The van der Waals surface area contributed by atoms with Crippen LogP contribution in [0, 0.1) is 0 Å². The minimum absolute atomic E-state index is 0.0402. The van der Waals surface area contributed by atoms with E-state index in [1.165, 1.54) is 12.1 Å². The zero-order valence-corrected chi connectivity index (χ0v) is 10.2. The average molecular weight is 277 g/mol. The second-order valence-corrected chi connectivity index (χ2v) is 5.55. The van der Waals surface area contributed by atoms with Crippen molar-refractivity contribution in [3.63, 3.8) is 0 Å². The molecule has 1 aromatic heterocycles. The summed E-state index contributed by atoms with van der Waals surface area (Å²) in [4.78, 5) is 14.8. The molecule has 1 N–H and O–H groups in total. The number of carbonyl (C=O) groups is 1. The topological polar surface area (TPSA) is 85.4 Å². The smallest absolute Gasteiger partial charge is 0.324 e. The van der Waals surface area contributed by atoms with Gasteiger partial charge in [0.1, 0.15) is 16.1 Å². The van der Waals surface area contributed by atoms with E-state index in [2.05, 4.69) is 14.4 Å². The van der Waals surface area contributed by atoms with E-state index in [4.69, 9.17) is 11.6 Å². The summed E-state index contributed by atoms with van der Waals surface area (Å²) in [6.45, 7) is 0.227. The largest absolute Gasteiger partial charge is 0.464 e. The van der Waals surface area contributed by atoms with Gasteiger partial charge in [-0.1, -0.05) is 11.6 Å². The Morgan fingerprint density at radius 2 is 2.24 bits per heavy atom. The molecule has 1 unspecified atom stereocenters. The Bertz CT molecular complexity index is 528. The van der Waals surface area contributed by atoms with Crippen molar-refractivity contribution in [1.29, 1.82) is 0 Å². The van der Waals surface area contributed by atoms with E-state index in [-0.39, 0.29) is 16.7 Å². The van der Waals surface area contributed by atoms with Gasteiger partial charge in [-0.3, -0.25) is 4.79 Å². The summed E-state index contributed by atoms with van der Waals surface area (Å²) >= 11 is 5.55. The summed E-state index contributed by atoms with van der Waals surface area (Å²) in [6.07, 6.45) is 1.46. The molecule has 1 aliphatic heterocycles. The minimum Gasteiger partial charge on any atom is -0.464 e. The Morgan fingerprint density at radius 3 is 2.76 bits per heavy atom. The van der Waals surface area contributed by atoms with E-state index < -0.39 is 22.0 Å². The molecule has 0 radical (unpaired) electrons. The van der Waals surface area contributed by atoms with Crippen LogP contribution in [0.3, 0.4) is 0 Å². The quantitative estimate of drug-likeness (QED) is 0.635. The highest BCUT2D eigenvalue weighted by Crippen LogP contribution is 2.14. The van der Waals surface area contributed by atoms with Gasteiger partial charge in [-0.05, 0) is 12.1 Å². The van der Waals surface area contributed by atoms with Gasteiger partial charge >= 0.3 is 5.97 Å². The molecule has 1 aliphatic rings. The van der Waals surface area contributed by atoms with E-state index in [9.17, 15) is 13.2 Å². The molecule has 0 aliphatic carbocycles. The molecule has 1 fully saturated rings. The maximum atomic E-state index is 11.8. The molecule has 0 bridgehead atoms. The fourth-order valence-electron chi connectivity index (χ4n) is 1.38. The second kappa shape index (κ2) is 4.59. The molecule has 0 saturated carbocycles. The number of esters is 1. The third kappa shape index (κ3) is 2.74. The molecule has 1 atom stereocenters. The van der Waals surface area contributed by atoms with Gasteiger partial charge in [-0.15, -0.1) is 0 Å². The molecule has 1 aromatic rings. The number of hydrogen-bond donors (Lipinski definition) is 1. The molecule has 0 spiro atoms. The molecule has 0 amide bonds. The van der Waals surface area contributed by atoms with Crippen LogP contribution in [-0.2, 0) is 19.6 Å². The first kappa shape index (κ1) is 12.3. The molecular weight excluding hydrogens is 268 g/mol. The van der Waals surface area contributed by atoms with Crippen LogP contribution in [-0.4, -0.2) is 32.0 Å². The van der Waals surface area contributed by atoms with Gasteiger partial charge in [-0.2, -0.15) is 4.72 Å². The first-order valence-corrected chi connectivity index (χ1v) is 6.66. The number of nitrogens with zero attached hydrogens (tertiary/aromatic N) is 1. The van der Waals surface area contributed by atoms with Gasteiger partial charge in [0.05, 0.1) is 6.61 Å². The van der Waals surface area contributed by atoms with Crippen molar-refractivity contribution >= 4 is 27.6 Å². The van der Waals surface area contributed by atoms with Gasteiger partial charge < -0.3 is 4.74 Å². The predicted molar refractivity (Wildman–Crippen MR) is 58.9 cm³/mol. The van der Waals surface area contributed by atoms with Crippen molar-refractivity contribution in [1.82, 2.24) is 9.71 Å². The van der Waals surface area contributed by atoms with Crippen molar-refractivity contribution in [2.45, 2.75) is 17.4 Å². The Hall–Kier alpha value is -1.18. The molecule has 2 rings (SSSR count). The zero-order valence-electron chi connectivity index (χ0n) is 8.59. The Balaban J connectivity index is 2.19. The maximum absolute atomic E-state index is 11.8. The lowest BCUT2D eigenvalue weighted by Gasteiger charge is -2.09. The van der Waals surface area contributed by atoms with Gasteiger partial charge in [0, 0.05) is 12.6 Å². The van der Waals surface area contributed by atoms with E-state index in [0.717, 1.165) is 6.20 Å². The van der Waals surface area contributed by atoms with Crippen molar-refractivity contribution in [3.8, 4) is 0 Å². The van der Waals surface area contributed by atoms with Gasteiger partial charge in [0.15, 0.2) is 0 Å². The first-order valence-electron chi connectivity index (χ1n) is 4.79. The number of carbonyl (C=O) groups excluding carboxylic acids is 1. The molecule has 6 nitrogen and oxygen atoms in total. The van der Waals surface area contributed by atoms with Gasteiger partial charge in [0.2, 0.25) is 10.0 Å². The van der Waals surface area contributed by atoms with E-state index >= 15 is 0 Å². The van der Waals surface area contributed by atoms with Crippen LogP contribution in [0.4, 0.5) is 0 Å². The van der Waals surface area contributed by atoms with Crippen LogP contribution in [0.1, 0.15) is 6.42 Å². The summed E-state index contributed by atoms with van der Waals surface area (Å²) in [5.41, 5.74) is 0. The lowest BCUT2D eigenvalue weighted by Crippen LogP contribution is -2.37. The summed E-state index contributed by atoms with van der Waals surface area (Å²) in [5.74, 6) is -0.560. The maximum Gasteiger partial charge on any atom is 0.324 e. The number of rotatable bonds is 3. The standard InChI is InChI=1S/C9H9ClN2O4S/c10-8-2-1-6(5-11-8)17(14,15)12-7-3-4-16-9(7)13/h1-2,5,7,12H,3-4H2. The minimum atomic E-state index is -3.77. The lowest BCUT2D eigenvalue weighted by molar-refractivity contribution is -0.139. The van der Waals surface area contributed by atoms with E-state index in [1.807, 2.05) is 0 Å².